The molecule has 0 aliphatic rings. The Bertz CT molecular complexity index is 692. The molecule has 0 aromatic heterocycles. The molecule has 0 saturated carbocycles. The van der Waals surface area contributed by atoms with Crippen LogP contribution in [0.5, 0.6) is 0 Å². The smallest absolute Gasteiger partial charge is 0.269 e. The Kier molecular flexibility index (Phi) is 6.09. The first-order valence-corrected chi connectivity index (χ1v) is 7.89. The van der Waals surface area contributed by atoms with E-state index in [1.165, 1.54) is 5.56 Å². The molecule has 0 aliphatic heterocycles. The van der Waals surface area contributed by atoms with Crippen molar-refractivity contribution in [3.8, 4) is 0 Å². The monoisotopic (exact) mass is 326 g/mol. The van der Waals surface area contributed by atoms with E-state index in [1.807, 2.05) is 12.1 Å². The summed E-state index contributed by atoms with van der Waals surface area (Å²) in [7, 11) is 0. The molecule has 2 rings (SSSR count). The molecule has 0 atom stereocenters. The summed E-state index contributed by atoms with van der Waals surface area (Å²) < 4.78 is 0. The lowest BCUT2D eigenvalue weighted by atomic mass is 10.0. The van der Waals surface area contributed by atoms with Gasteiger partial charge in [-0.05, 0) is 47.7 Å². The third-order valence-electron chi connectivity index (χ3n) is 3.55. The van der Waals surface area contributed by atoms with Gasteiger partial charge in [-0.3, -0.25) is 20.4 Å². The number of aliphatic hydroxyl groups excluding tert-OH is 1. The summed E-state index contributed by atoms with van der Waals surface area (Å²) in [6.07, 6.45) is 0.961. The van der Waals surface area contributed by atoms with Crippen molar-refractivity contribution in [3.63, 3.8) is 0 Å². The number of carbonyl (C=O) groups is 2. The van der Waals surface area contributed by atoms with Crippen molar-refractivity contribution in [1.29, 1.82) is 0 Å². The van der Waals surface area contributed by atoms with Crippen molar-refractivity contribution in [2.75, 3.05) is 0 Å². The Labute approximate surface area is 141 Å². The topological polar surface area (TPSA) is 78.4 Å². The number of benzene rings is 2. The van der Waals surface area contributed by atoms with Gasteiger partial charge in [-0.25, -0.2) is 0 Å². The van der Waals surface area contributed by atoms with E-state index in [1.54, 1.807) is 36.4 Å². The molecule has 0 fully saturated rings. The average Bonchev–Trinajstić information content (AvgIpc) is 2.59. The Morgan fingerprint density at radius 1 is 0.833 bits per heavy atom. The summed E-state index contributed by atoms with van der Waals surface area (Å²) in [6, 6.07) is 13.8. The third kappa shape index (κ3) is 4.93. The van der Waals surface area contributed by atoms with Crippen LogP contribution in [0.15, 0.2) is 48.5 Å². The van der Waals surface area contributed by atoms with Crippen LogP contribution in [0.2, 0.25) is 0 Å². The molecular formula is C19H22N2O3. The molecular weight excluding hydrogens is 304 g/mol. The Hall–Kier alpha value is -2.66. The van der Waals surface area contributed by atoms with Crippen LogP contribution in [0.3, 0.4) is 0 Å². The highest BCUT2D eigenvalue weighted by Crippen LogP contribution is 2.10. The number of hydrazine groups is 1. The summed E-state index contributed by atoms with van der Waals surface area (Å²) in [5.74, 6) is -0.225. The van der Waals surface area contributed by atoms with Crippen LogP contribution in [-0.2, 0) is 13.0 Å². The first kappa shape index (κ1) is 17.7. The average molecular weight is 326 g/mol. The fraction of sp³-hybridized carbons (Fsp3) is 0.263. The minimum absolute atomic E-state index is 0.0779. The Morgan fingerprint density at radius 2 is 1.25 bits per heavy atom. The number of hydrogen-bond acceptors (Lipinski definition) is 3. The Morgan fingerprint density at radius 3 is 1.62 bits per heavy atom. The van der Waals surface area contributed by atoms with Crippen LogP contribution >= 0.6 is 0 Å². The van der Waals surface area contributed by atoms with E-state index >= 15 is 0 Å². The van der Waals surface area contributed by atoms with E-state index in [-0.39, 0.29) is 12.5 Å². The molecule has 0 unspecified atom stereocenters. The first-order chi connectivity index (χ1) is 11.5. The fourth-order valence-corrected chi connectivity index (χ4v) is 2.28. The lowest BCUT2D eigenvalue weighted by Gasteiger charge is -2.09. The minimum Gasteiger partial charge on any atom is -0.392 e. The fourth-order valence-electron chi connectivity index (χ4n) is 2.28. The van der Waals surface area contributed by atoms with Gasteiger partial charge in [0.2, 0.25) is 0 Å². The van der Waals surface area contributed by atoms with Crippen LogP contribution in [-0.4, -0.2) is 16.9 Å². The van der Waals surface area contributed by atoms with E-state index in [2.05, 4.69) is 24.7 Å². The molecule has 5 nitrogen and oxygen atoms in total. The predicted octanol–water partition coefficient (Wildman–Crippen LogP) is 2.45. The second-order valence-electron chi connectivity index (χ2n) is 6.06. The van der Waals surface area contributed by atoms with Crippen molar-refractivity contribution in [2.45, 2.75) is 26.9 Å². The highest BCUT2D eigenvalue weighted by molar-refractivity contribution is 5.99. The van der Waals surface area contributed by atoms with Gasteiger partial charge in [0, 0.05) is 11.1 Å². The molecule has 0 radical (unpaired) electrons. The van der Waals surface area contributed by atoms with Crippen molar-refractivity contribution in [1.82, 2.24) is 10.9 Å². The molecule has 0 bridgehead atoms. The minimum atomic E-state index is -0.413. The van der Waals surface area contributed by atoms with Crippen molar-refractivity contribution in [3.05, 3.63) is 70.8 Å². The second-order valence-corrected chi connectivity index (χ2v) is 6.06. The predicted molar refractivity (Wildman–Crippen MR) is 92.3 cm³/mol. The molecule has 0 saturated heterocycles. The lowest BCUT2D eigenvalue weighted by Crippen LogP contribution is -2.41. The summed E-state index contributed by atoms with van der Waals surface area (Å²) >= 11 is 0. The molecule has 126 valence electrons. The van der Waals surface area contributed by atoms with Gasteiger partial charge in [-0.15, -0.1) is 0 Å². The maximum absolute atomic E-state index is 12.1. The number of aliphatic hydroxyl groups is 1. The van der Waals surface area contributed by atoms with Crippen LogP contribution in [0.25, 0.3) is 0 Å². The summed E-state index contributed by atoms with van der Waals surface area (Å²) in [5.41, 5.74) is 7.56. The molecule has 0 heterocycles. The number of carbonyl (C=O) groups excluding carboxylic acids is 2. The zero-order valence-electron chi connectivity index (χ0n) is 13.9. The van der Waals surface area contributed by atoms with Crippen LogP contribution < -0.4 is 10.9 Å². The van der Waals surface area contributed by atoms with Crippen molar-refractivity contribution in [2.24, 2.45) is 5.92 Å². The van der Waals surface area contributed by atoms with Crippen LogP contribution in [0.4, 0.5) is 0 Å². The maximum Gasteiger partial charge on any atom is 0.269 e. The normalized spacial score (nSPS) is 10.5. The van der Waals surface area contributed by atoms with Gasteiger partial charge in [-0.2, -0.15) is 0 Å². The van der Waals surface area contributed by atoms with Crippen molar-refractivity contribution < 1.29 is 14.7 Å². The molecule has 0 spiro atoms. The molecule has 0 aliphatic carbocycles. The van der Waals surface area contributed by atoms with E-state index in [0.29, 0.717) is 17.0 Å². The molecule has 24 heavy (non-hydrogen) atoms. The number of hydrogen-bond donors (Lipinski definition) is 3. The highest BCUT2D eigenvalue weighted by atomic mass is 16.3. The van der Waals surface area contributed by atoms with E-state index in [9.17, 15) is 9.59 Å². The van der Waals surface area contributed by atoms with Gasteiger partial charge < -0.3 is 5.11 Å². The van der Waals surface area contributed by atoms with Crippen LogP contribution in [0.1, 0.15) is 45.7 Å². The molecule has 5 heteroatoms. The maximum atomic E-state index is 12.1. The standard InChI is InChI=1S/C19H22N2O3/c1-13(2)11-14-3-7-16(8-4-14)18(23)20-21-19(24)17-9-5-15(12-22)6-10-17/h3-10,13,22H,11-12H2,1-2H3,(H,20,23)(H,21,24). The number of amides is 2. The molecule has 2 amide bonds. The first-order valence-electron chi connectivity index (χ1n) is 7.89. The number of rotatable bonds is 5. The molecule has 2 aromatic carbocycles. The molecule has 2 aromatic rings. The van der Waals surface area contributed by atoms with Crippen molar-refractivity contribution >= 4 is 11.8 Å². The third-order valence-corrected chi connectivity index (χ3v) is 3.55. The largest absolute Gasteiger partial charge is 0.392 e. The van der Waals surface area contributed by atoms with E-state index in [0.717, 1.165) is 12.0 Å². The van der Waals surface area contributed by atoms with E-state index in [4.69, 9.17) is 5.11 Å². The van der Waals surface area contributed by atoms with Gasteiger partial charge in [-0.1, -0.05) is 38.1 Å². The van der Waals surface area contributed by atoms with Gasteiger partial charge in [0.15, 0.2) is 0 Å². The highest BCUT2D eigenvalue weighted by Gasteiger charge is 2.09. The zero-order valence-corrected chi connectivity index (χ0v) is 13.9. The number of nitrogens with one attached hydrogen (secondary N) is 2. The lowest BCUT2D eigenvalue weighted by molar-refractivity contribution is 0.0846. The van der Waals surface area contributed by atoms with E-state index < -0.39 is 5.91 Å². The van der Waals surface area contributed by atoms with Crippen LogP contribution in [0, 0.1) is 5.92 Å². The van der Waals surface area contributed by atoms with Gasteiger partial charge in [0.05, 0.1) is 6.61 Å². The second kappa shape index (κ2) is 8.26. The SMILES string of the molecule is CC(C)Cc1ccc(C(=O)NNC(=O)c2ccc(CO)cc2)cc1. The molecule has 3 N–H and O–H groups in total. The Balaban J connectivity index is 1.90. The van der Waals surface area contributed by atoms with Gasteiger partial charge >= 0.3 is 0 Å². The zero-order chi connectivity index (χ0) is 17.5. The summed E-state index contributed by atoms with van der Waals surface area (Å²) in [4.78, 5) is 24.0. The van der Waals surface area contributed by atoms with Gasteiger partial charge in [0.1, 0.15) is 0 Å². The summed E-state index contributed by atoms with van der Waals surface area (Å²) in [6.45, 7) is 4.21. The van der Waals surface area contributed by atoms with Gasteiger partial charge in [0.25, 0.3) is 11.8 Å². The quantitative estimate of drug-likeness (QED) is 0.739. The summed E-state index contributed by atoms with van der Waals surface area (Å²) in [5, 5.41) is 8.98.